The maximum absolute atomic E-state index is 13.0. The first kappa shape index (κ1) is 14.2. The molecule has 2 rings (SSSR count). The van der Waals surface area contributed by atoms with E-state index in [0.717, 1.165) is 12.1 Å². The van der Waals surface area contributed by atoms with Gasteiger partial charge in [-0.25, -0.2) is 8.78 Å². The molecule has 0 saturated carbocycles. The highest BCUT2D eigenvalue weighted by Crippen LogP contribution is 2.30. The fourth-order valence-electron chi connectivity index (χ4n) is 1.60. The van der Waals surface area contributed by atoms with Crippen LogP contribution in [0.4, 0.5) is 14.5 Å². The third-order valence-electron chi connectivity index (χ3n) is 2.46. The Bertz CT molecular complexity index is 644. The smallest absolute Gasteiger partial charge is 0.270 e. The zero-order valence-electron chi connectivity index (χ0n) is 9.98. The lowest BCUT2D eigenvalue weighted by Crippen LogP contribution is -1.94. The van der Waals surface area contributed by atoms with E-state index in [2.05, 4.69) is 0 Å². The van der Waals surface area contributed by atoms with E-state index in [9.17, 15) is 18.9 Å². The molecule has 0 N–H and O–H groups in total. The lowest BCUT2D eigenvalue weighted by Gasteiger charge is -2.09. The molecule has 0 aliphatic carbocycles. The summed E-state index contributed by atoms with van der Waals surface area (Å²) in [6.45, 7) is 0. The van der Waals surface area contributed by atoms with Crippen molar-refractivity contribution in [2.45, 2.75) is 5.88 Å². The van der Waals surface area contributed by atoms with Gasteiger partial charge in [0.05, 0.1) is 10.8 Å². The van der Waals surface area contributed by atoms with E-state index in [1.165, 1.54) is 18.2 Å². The molecule has 0 saturated heterocycles. The Hall–Kier alpha value is -2.21. The first-order chi connectivity index (χ1) is 9.49. The van der Waals surface area contributed by atoms with Crippen LogP contribution in [0.2, 0.25) is 0 Å². The minimum atomic E-state index is -0.783. The van der Waals surface area contributed by atoms with Gasteiger partial charge in [0, 0.05) is 35.9 Å². The quantitative estimate of drug-likeness (QED) is 0.477. The number of halogens is 3. The highest BCUT2D eigenvalue weighted by Gasteiger charge is 2.12. The second-order valence-electron chi connectivity index (χ2n) is 3.89. The van der Waals surface area contributed by atoms with Gasteiger partial charge >= 0.3 is 0 Å². The van der Waals surface area contributed by atoms with E-state index < -0.39 is 16.6 Å². The van der Waals surface area contributed by atoms with Gasteiger partial charge in [-0.3, -0.25) is 10.1 Å². The molecule has 0 radical (unpaired) electrons. The van der Waals surface area contributed by atoms with E-state index in [-0.39, 0.29) is 23.1 Å². The van der Waals surface area contributed by atoms with Crippen molar-refractivity contribution in [3.05, 3.63) is 63.7 Å². The zero-order valence-corrected chi connectivity index (χ0v) is 10.7. The van der Waals surface area contributed by atoms with E-state index in [4.69, 9.17) is 16.3 Å². The minimum absolute atomic E-state index is 0.0329. The van der Waals surface area contributed by atoms with Crippen molar-refractivity contribution < 1.29 is 18.4 Å². The monoisotopic (exact) mass is 299 g/mol. The van der Waals surface area contributed by atoms with Crippen LogP contribution in [0.3, 0.4) is 0 Å². The number of benzene rings is 2. The van der Waals surface area contributed by atoms with Gasteiger partial charge < -0.3 is 4.74 Å². The number of nitrogens with zero attached hydrogens (tertiary/aromatic N) is 1. The maximum atomic E-state index is 13.0. The molecule has 0 unspecified atom stereocenters. The van der Waals surface area contributed by atoms with Crippen LogP contribution in [0.15, 0.2) is 36.4 Å². The standard InChI is InChI=1S/C13H8ClF2NO3/c14-7-8-3-11(17(18)19)1-2-13(8)20-12-5-9(15)4-10(16)6-12/h1-6H,7H2. The Kier molecular flexibility index (Phi) is 4.14. The summed E-state index contributed by atoms with van der Waals surface area (Å²) in [5.41, 5.74) is 0.212. The molecule has 0 aliphatic rings. The lowest BCUT2D eigenvalue weighted by atomic mass is 10.2. The van der Waals surface area contributed by atoms with Crippen LogP contribution in [0, 0.1) is 21.7 Å². The highest BCUT2D eigenvalue weighted by molar-refractivity contribution is 6.17. The molecule has 0 aliphatic heterocycles. The zero-order chi connectivity index (χ0) is 14.7. The molecular weight excluding hydrogens is 292 g/mol. The van der Waals surface area contributed by atoms with Crippen molar-refractivity contribution in [3.63, 3.8) is 0 Å². The number of rotatable bonds is 4. The SMILES string of the molecule is O=[N+]([O-])c1ccc(Oc2cc(F)cc(F)c2)c(CCl)c1. The van der Waals surface area contributed by atoms with Gasteiger partial charge in [-0.1, -0.05) is 0 Å². The van der Waals surface area contributed by atoms with Gasteiger partial charge in [-0.2, -0.15) is 0 Å². The summed E-state index contributed by atoms with van der Waals surface area (Å²) in [6.07, 6.45) is 0. The summed E-state index contributed by atoms with van der Waals surface area (Å²) in [5, 5.41) is 10.7. The molecule has 0 amide bonds. The van der Waals surface area contributed by atoms with Gasteiger partial charge in [0.2, 0.25) is 0 Å². The van der Waals surface area contributed by atoms with Crippen molar-refractivity contribution >= 4 is 17.3 Å². The van der Waals surface area contributed by atoms with Gasteiger partial charge in [-0.05, 0) is 6.07 Å². The Labute approximate surface area is 117 Å². The van der Waals surface area contributed by atoms with Crippen molar-refractivity contribution in [2.75, 3.05) is 0 Å². The van der Waals surface area contributed by atoms with E-state index in [0.29, 0.717) is 11.6 Å². The highest BCUT2D eigenvalue weighted by atomic mass is 35.5. The molecule has 20 heavy (non-hydrogen) atoms. The number of alkyl halides is 1. The normalized spacial score (nSPS) is 10.3. The summed E-state index contributed by atoms with van der Waals surface area (Å²) < 4.78 is 31.4. The molecule has 2 aromatic carbocycles. The number of ether oxygens (including phenoxy) is 1. The summed E-state index contributed by atoms with van der Waals surface area (Å²) in [7, 11) is 0. The molecule has 2 aromatic rings. The van der Waals surface area contributed by atoms with Crippen molar-refractivity contribution in [3.8, 4) is 11.5 Å². The summed E-state index contributed by atoms with van der Waals surface area (Å²) in [4.78, 5) is 10.1. The van der Waals surface area contributed by atoms with E-state index >= 15 is 0 Å². The Morgan fingerprint density at radius 3 is 2.35 bits per heavy atom. The van der Waals surface area contributed by atoms with Gasteiger partial charge in [0.25, 0.3) is 5.69 Å². The molecule has 0 heterocycles. The van der Waals surface area contributed by atoms with E-state index in [1.54, 1.807) is 0 Å². The molecule has 7 heteroatoms. The predicted octanol–water partition coefficient (Wildman–Crippen LogP) is 4.40. The average molecular weight is 300 g/mol. The van der Waals surface area contributed by atoms with Crippen LogP contribution < -0.4 is 4.74 Å². The van der Waals surface area contributed by atoms with Crippen LogP contribution in [0.1, 0.15) is 5.56 Å². The number of hydrogen-bond acceptors (Lipinski definition) is 3. The Balaban J connectivity index is 2.35. The first-order valence-electron chi connectivity index (χ1n) is 5.47. The van der Waals surface area contributed by atoms with Crippen LogP contribution in [0.5, 0.6) is 11.5 Å². The van der Waals surface area contributed by atoms with Crippen molar-refractivity contribution in [2.24, 2.45) is 0 Å². The predicted molar refractivity (Wildman–Crippen MR) is 69.1 cm³/mol. The summed E-state index contributed by atoms with van der Waals surface area (Å²) >= 11 is 5.69. The third-order valence-corrected chi connectivity index (χ3v) is 2.75. The fraction of sp³-hybridized carbons (Fsp3) is 0.0769. The molecule has 0 aromatic heterocycles. The van der Waals surface area contributed by atoms with E-state index in [1.807, 2.05) is 0 Å². The minimum Gasteiger partial charge on any atom is -0.457 e. The molecule has 0 spiro atoms. The van der Waals surface area contributed by atoms with Crippen molar-refractivity contribution in [1.82, 2.24) is 0 Å². The van der Waals surface area contributed by atoms with Crippen LogP contribution >= 0.6 is 11.6 Å². The molecule has 0 bridgehead atoms. The summed E-state index contributed by atoms with van der Waals surface area (Å²) in [6, 6.07) is 6.52. The average Bonchev–Trinajstić information content (AvgIpc) is 2.37. The van der Waals surface area contributed by atoms with Gasteiger partial charge in [0.1, 0.15) is 23.1 Å². The number of hydrogen-bond donors (Lipinski definition) is 0. The maximum Gasteiger partial charge on any atom is 0.270 e. The molecule has 4 nitrogen and oxygen atoms in total. The third kappa shape index (κ3) is 3.21. The van der Waals surface area contributed by atoms with Crippen molar-refractivity contribution in [1.29, 1.82) is 0 Å². The molecule has 104 valence electrons. The number of nitro benzene ring substituents is 1. The second-order valence-corrected chi connectivity index (χ2v) is 4.16. The fourth-order valence-corrected chi connectivity index (χ4v) is 1.81. The second kappa shape index (κ2) is 5.83. The van der Waals surface area contributed by atoms with Crippen LogP contribution in [-0.2, 0) is 5.88 Å². The largest absolute Gasteiger partial charge is 0.457 e. The summed E-state index contributed by atoms with van der Waals surface area (Å²) in [5.74, 6) is -1.45. The first-order valence-corrected chi connectivity index (χ1v) is 6.00. The Morgan fingerprint density at radius 2 is 1.80 bits per heavy atom. The van der Waals surface area contributed by atoms with Crippen LogP contribution in [-0.4, -0.2) is 4.92 Å². The van der Waals surface area contributed by atoms with Crippen LogP contribution in [0.25, 0.3) is 0 Å². The lowest BCUT2D eigenvalue weighted by molar-refractivity contribution is -0.384. The molecule has 0 fully saturated rings. The van der Waals surface area contributed by atoms with Gasteiger partial charge in [-0.15, -0.1) is 11.6 Å². The molecular formula is C13H8ClF2NO3. The Morgan fingerprint density at radius 1 is 1.15 bits per heavy atom. The number of nitro groups is 1. The number of non-ortho nitro benzene ring substituents is 1. The van der Waals surface area contributed by atoms with Gasteiger partial charge in [0.15, 0.2) is 0 Å². The topological polar surface area (TPSA) is 52.4 Å². The molecule has 0 atom stereocenters.